The van der Waals surface area contributed by atoms with Crippen molar-refractivity contribution >= 4 is 6.16 Å². The van der Waals surface area contributed by atoms with E-state index in [4.69, 9.17) is 0 Å². The van der Waals surface area contributed by atoms with Crippen LogP contribution in [0.25, 0.3) is 0 Å². The summed E-state index contributed by atoms with van der Waals surface area (Å²) >= 11 is 0. The Labute approximate surface area is 54.0 Å². The van der Waals surface area contributed by atoms with E-state index in [0.29, 0.717) is 0 Å². The first kappa shape index (κ1) is 7.83. The van der Waals surface area contributed by atoms with Crippen molar-refractivity contribution in [2.24, 2.45) is 0 Å². The zero-order valence-corrected chi connectivity index (χ0v) is 5.38. The fraction of sp³-hybridized carbons (Fsp3) is 0.500. The first-order chi connectivity index (χ1) is 4.16. The van der Waals surface area contributed by atoms with Crippen molar-refractivity contribution < 1.29 is 14.3 Å². The van der Waals surface area contributed by atoms with Crippen LogP contribution in [-0.4, -0.2) is 12.3 Å². The van der Waals surface area contributed by atoms with Gasteiger partial charge in [-0.3, -0.25) is 0 Å². The van der Waals surface area contributed by atoms with Crippen LogP contribution in [0.4, 0.5) is 4.79 Å². The Balaban J connectivity index is 3.42. The second kappa shape index (κ2) is 3.79. The van der Waals surface area contributed by atoms with E-state index in [0.717, 1.165) is 0 Å². The first-order valence-electron chi connectivity index (χ1n) is 2.50. The van der Waals surface area contributed by atoms with Gasteiger partial charge in [0, 0.05) is 0 Å². The van der Waals surface area contributed by atoms with Crippen molar-refractivity contribution in [3.05, 3.63) is 0 Å². The van der Waals surface area contributed by atoms with Gasteiger partial charge >= 0.3 is 6.16 Å². The van der Waals surface area contributed by atoms with Gasteiger partial charge in [-0.2, -0.15) is 0 Å². The third kappa shape index (κ3) is 4.69. The van der Waals surface area contributed by atoms with E-state index in [1.54, 1.807) is 20.0 Å². The molecule has 0 aromatic heterocycles. The summed E-state index contributed by atoms with van der Waals surface area (Å²) in [4.78, 5) is 10.3. The zero-order chi connectivity index (χ0) is 7.28. The fourth-order valence-corrected chi connectivity index (χ4v) is 0.265. The minimum Gasteiger partial charge on any atom is -0.431 e. The monoisotopic (exact) mass is 128 g/mol. The first-order valence-corrected chi connectivity index (χ1v) is 2.50. The smallest absolute Gasteiger partial charge is 0.431 e. The Morgan fingerprint density at radius 2 is 2.22 bits per heavy atom. The Hall–Kier alpha value is -1.17. The van der Waals surface area contributed by atoms with E-state index in [9.17, 15) is 4.79 Å². The summed E-state index contributed by atoms with van der Waals surface area (Å²) in [6.07, 6.45) is 5.31. The highest BCUT2D eigenvalue weighted by molar-refractivity contribution is 5.61. The van der Waals surface area contributed by atoms with Gasteiger partial charge in [0.15, 0.2) is 0 Å². The SMILES string of the molecule is C#COC(=O)OC(C)C. The fourth-order valence-electron chi connectivity index (χ4n) is 0.265. The molecule has 0 aliphatic heterocycles. The van der Waals surface area contributed by atoms with Gasteiger partial charge in [0.1, 0.15) is 6.11 Å². The molecule has 3 nitrogen and oxygen atoms in total. The van der Waals surface area contributed by atoms with Crippen molar-refractivity contribution in [3.63, 3.8) is 0 Å². The minimum atomic E-state index is -0.826. The van der Waals surface area contributed by atoms with Crippen LogP contribution >= 0.6 is 0 Å². The predicted octanol–water partition coefficient (Wildman–Crippen LogP) is 1.14. The highest BCUT2D eigenvalue weighted by Crippen LogP contribution is 1.90. The third-order valence-electron chi connectivity index (χ3n) is 0.474. The van der Waals surface area contributed by atoms with Crippen molar-refractivity contribution in [2.75, 3.05) is 0 Å². The molecule has 0 heterocycles. The van der Waals surface area contributed by atoms with E-state index in [-0.39, 0.29) is 6.10 Å². The topological polar surface area (TPSA) is 35.5 Å². The Kier molecular flexibility index (Phi) is 3.29. The van der Waals surface area contributed by atoms with Crippen molar-refractivity contribution in [2.45, 2.75) is 20.0 Å². The summed E-state index contributed by atoms with van der Waals surface area (Å²) in [5.74, 6) is 0. The lowest BCUT2D eigenvalue weighted by Gasteiger charge is -2.02. The molecule has 0 fully saturated rings. The molecular weight excluding hydrogens is 120 g/mol. The lowest BCUT2D eigenvalue weighted by molar-refractivity contribution is 0.0650. The number of terminal acetylenes is 1. The Bertz CT molecular complexity index is 132. The van der Waals surface area contributed by atoms with Crippen LogP contribution in [-0.2, 0) is 9.47 Å². The molecule has 0 aromatic rings. The molecule has 9 heavy (non-hydrogen) atoms. The van der Waals surface area contributed by atoms with Gasteiger partial charge in [-0.25, -0.2) is 4.79 Å². The molecule has 0 saturated carbocycles. The molecule has 0 radical (unpaired) electrons. The van der Waals surface area contributed by atoms with Gasteiger partial charge in [-0.05, 0) is 13.8 Å². The number of carbonyl (C=O) groups is 1. The van der Waals surface area contributed by atoms with Gasteiger partial charge in [-0.1, -0.05) is 6.42 Å². The maximum absolute atomic E-state index is 10.3. The van der Waals surface area contributed by atoms with E-state index in [2.05, 4.69) is 15.9 Å². The predicted molar refractivity (Wildman–Crippen MR) is 31.5 cm³/mol. The quantitative estimate of drug-likeness (QED) is 0.392. The molecule has 0 spiro atoms. The molecule has 50 valence electrons. The lowest BCUT2D eigenvalue weighted by atomic mass is 10.5. The number of hydrogen-bond acceptors (Lipinski definition) is 3. The molecule has 0 saturated heterocycles. The maximum atomic E-state index is 10.3. The maximum Gasteiger partial charge on any atom is 0.522 e. The van der Waals surface area contributed by atoms with E-state index < -0.39 is 6.16 Å². The van der Waals surface area contributed by atoms with Crippen molar-refractivity contribution in [3.8, 4) is 12.5 Å². The van der Waals surface area contributed by atoms with E-state index in [1.165, 1.54) is 0 Å². The molecular formula is C6H8O3. The summed E-state index contributed by atoms with van der Waals surface area (Å²) in [7, 11) is 0. The van der Waals surface area contributed by atoms with Crippen LogP contribution in [0.2, 0.25) is 0 Å². The molecule has 0 unspecified atom stereocenters. The Morgan fingerprint density at radius 1 is 1.67 bits per heavy atom. The number of ether oxygens (including phenoxy) is 2. The van der Waals surface area contributed by atoms with Crippen LogP contribution in [0.1, 0.15) is 13.8 Å². The van der Waals surface area contributed by atoms with Crippen LogP contribution in [0.3, 0.4) is 0 Å². The van der Waals surface area contributed by atoms with Gasteiger partial charge in [0.25, 0.3) is 0 Å². The van der Waals surface area contributed by atoms with Crippen molar-refractivity contribution in [1.82, 2.24) is 0 Å². The molecule has 3 heteroatoms. The highest BCUT2D eigenvalue weighted by Gasteiger charge is 2.03. The second-order valence-corrected chi connectivity index (χ2v) is 1.64. The largest absolute Gasteiger partial charge is 0.522 e. The van der Waals surface area contributed by atoms with E-state index in [1.807, 2.05) is 0 Å². The zero-order valence-electron chi connectivity index (χ0n) is 5.38. The van der Waals surface area contributed by atoms with Crippen LogP contribution in [0.15, 0.2) is 0 Å². The Morgan fingerprint density at radius 3 is 2.56 bits per heavy atom. The lowest BCUT2D eigenvalue weighted by Crippen LogP contribution is -2.10. The number of hydrogen-bond donors (Lipinski definition) is 0. The van der Waals surface area contributed by atoms with Crippen LogP contribution in [0.5, 0.6) is 0 Å². The summed E-state index contributed by atoms with van der Waals surface area (Å²) in [5.41, 5.74) is 0. The average Bonchev–Trinajstić information content (AvgIpc) is 1.63. The molecule has 0 amide bonds. The second-order valence-electron chi connectivity index (χ2n) is 1.64. The number of carbonyl (C=O) groups excluding carboxylic acids is 1. The minimum absolute atomic E-state index is 0.189. The molecule has 0 bridgehead atoms. The third-order valence-corrected chi connectivity index (χ3v) is 0.474. The molecule has 0 aliphatic carbocycles. The normalized spacial score (nSPS) is 8.22. The summed E-state index contributed by atoms with van der Waals surface area (Å²) in [5, 5.41) is 0. The molecule has 0 rings (SSSR count). The van der Waals surface area contributed by atoms with Gasteiger partial charge in [0.2, 0.25) is 0 Å². The summed E-state index contributed by atoms with van der Waals surface area (Å²) in [6.45, 7) is 3.41. The summed E-state index contributed by atoms with van der Waals surface area (Å²) in [6, 6.07) is 0. The van der Waals surface area contributed by atoms with Gasteiger partial charge in [-0.15, -0.1) is 0 Å². The van der Waals surface area contributed by atoms with Crippen molar-refractivity contribution in [1.29, 1.82) is 0 Å². The van der Waals surface area contributed by atoms with E-state index >= 15 is 0 Å². The molecule has 0 N–H and O–H groups in total. The van der Waals surface area contributed by atoms with Crippen LogP contribution in [0, 0.1) is 12.5 Å². The highest BCUT2D eigenvalue weighted by atomic mass is 16.7. The number of rotatable bonds is 1. The van der Waals surface area contributed by atoms with Crippen LogP contribution < -0.4 is 0 Å². The average molecular weight is 128 g/mol. The van der Waals surface area contributed by atoms with Gasteiger partial charge in [0.05, 0.1) is 6.10 Å². The molecule has 0 aromatic carbocycles. The van der Waals surface area contributed by atoms with Gasteiger partial charge < -0.3 is 9.47 Å². The summed E-state index contributed by atoms with van der Waals surface area (Å²) < 4.78 is 8.51. The standard InChI is InChI=1S/C6H8O3/c1-4-8-6(7)9-5(2)3/h1,5H,2-3H3. The molecule has 0 aliphatic rings. The molecule has 0 atom stereocenters.